The maximum atomic E-state index is 13.5. The third-order valence-electron chi connectivity index (χ3n) is 3.77. The zero-order chi connectivity index (χ0) is 13.9. The van der Waals surface area contributed by atoms with Crippen LogP contribution in [0.2, 0.25) is 0 Å². The van der Waals surface area contributed by atoms with Crippen LogP contribution in [-0.2, 0) is 24.2 Å². The highest BCUT2D eigenvalue weighted by Gasteiger charge is 2.25. The lowest BCUT2D eigenvalue weighted by Gasteiger charge is -2.20. The second-order valence-electron chi connectivity index (χ2n) is 5.08. The van der Waals surface area contributed by atoms with E-state index >= 15 is 0 Å². The van der Waals surface area contributed by atoms with E-state index in [0.717, 1.165) is 24.2 Å². The lowest BCUT2D eigenvalue weighted by atomic mass is 9.89. The van der Waals surface area contributed by atoms with Crippen LogP contribution in [0, 0.1) is 11.7 Å². The van der Waals surface area contributed by atoms with Gasteiger partial charge in [-0.1, -0.05) is 18.2 Å². The highest BCUT2D eigenvalue weighted by atomic mass is 19.1. The number of hydrogen-bond acceptors (Lipinski definition) is 2. The average molecular weight is 273 g/mol. The predicted molar refractivity (Wildman–Crippen MR) is 72.3 cm³/mol. The maximum Gasteiger partial charge on any atom is 0.223 e. The molecule has 1 atom stereocenters. The molecule has 1 aromatic heterocycles. The van der Waals surface area contributed by atoms with E-state index < -0.39 is 0 Å². The van der Waals surface area contributed by atoms with Crippen molar-refractivity contribution < 1.29 is 9.18 Å². The second kappa shape index (κ2) is 5.45. The molecule has 2 N–H and O–H groups in total. The molecular weight excluding hydrogens is 257 g/mol. The summed E-state index contributed by atoms with van der Waals surface area (Å²) in [6.45, 7) is 0.234. The number of rotatable bonds is 3. The van der Waals surface area contributed by atoms with Crippen molar-refractivity contribution in [1.29, 1.82) is 0 Å². The number of amides is 1. The minimum atomic E-state index is -0.285. The van der Waals surface area contributed by atoms with Gasteiger partial charge in [0, 0.05) is 30.1 Å². The Morgan fingerprint density at radius 1 is 1.45 bits per heavy atom. The van der Waals surface area contributed by atoms with E-state index in [1.807, 2.05) is 0 Å². The third-order valence-corrected chi connectivity index (χ3v) is 3.77. The van der Waals surface area contributed by atoms with Crippen LogP contribution in [0.1, 0.15) is 23.4 Å². The van der Waals surface area contributed by atoms with Crippen molar-refractivity contribution in [3.63, 3.8) is 0 Å². The van der Waals surface area contributed by atoms with Gasteiger partial charge in [-0.2, -0.15) is 0 Å². The molecule has 5 heteroatoms. The fourth-order valence-electron chi connectivity index (χ4n) is 2.59. The number of benzene rings is 1. The summed E-state index contributed by atoms with van der Waals surface area (Å²) >= 11 is 0. The number of fused-ring (bicyclic) bond motifs is 1. The Kier molecular flexibility index (Phi) is 3.50. The van der Waals surface area contributed by atoms with Gasteiger partial charge in [-0.05, 0) is 18.9 Å². The van der Waals surface area contributed by atoms with Crippen LogP contribution in [0.25, 0.3) is 0 Å². The molecule has 1 amide bonds. The number of aromatic nitrogens is 2. The van der Waals surface area contributed by atoms with Gasteiger partial charge in [0.1, 0.15) is 5.82 Å². The van der Waals surface area contributed by atoms with Gasteiger partial charge in [0.25, 0.3) is 0 Å². The molecule has 104 valence electrons. The number of halogens is 1. The van der Waals surface area contributed by atoms with Gasteiger partial charge >= 0.3 is 0 Å². The normalized spacial score (nSPS) is 17.6. The van der Waals surface area contributed by atoms with E-state index in [9.17, 15) is 9.18 Å². The molecule has 3 rings (SSSR count). The first-order valence-electron chi connectivity index (χ1n) is 6.76. The Balaban J connectivity index is 1.59. The van der Waals surface area contributed by atoms with E-state index in [1.54, 1.807) is 24.5 Å². The van der Waals surface area contributed by atoms with Crippen molar-refractivity contribution >= 4 is 5.91 Å². The average Bonchev–Trinajstić information content (AvgIpc) is 2.93. The minimum Gasteiger partial charge on any atom is -0.352 e. The number of imidazole rings is 1. The summed E-state index contributed by atoms with van der Waals surface area (Å²) < 4.78 is 13.5. The van der Waals surface area contributed by atoms with E-state index in [2.05, 4.69) is 15.3 Å². The van der Waals surface area contributed by atoms with Crippen LogP contribution in [0.15, 0.2) is 30.6 Å². The molecule has 0 radical (unpaired) electrons. The zero-order valence-corrected chi connectivity index (χ0v) is 11.0. The largest absolute Gasteiger partial charge is 0.352 e. The fourth-order valence-corrected chi connectivity index (χ4v) is 2.59. The van der Waals surface area contributed by atoms with Crippen LogP contribution in [0.4, 0.5) is 4.39 Å². The zero-order valence-electron chi connectivity index (χ0n) is 11.0. The first-order chi connectivity index (χ1) is 9.74. The number of carbonyl (C=O) groups excluding carboxylic acids is 1. The predicted octanol–water partition coefficient (Wildman–Crippen LogP) is 1.97. The number of aryl methyl sites for hydroxylation is 1. The number of nitrogens with one attached hydrogen (secondary N) is 2. The Hall–Kier alpha value is -2.17. The SMILES string of the molecule is O=C(NCc1ccccc1F)C1CCc2nc[nH]c2C1. The van der Waals surface area contributed by atoms with Gasteiger partial charge in [0.2, 0.25) is 5.91 Å². The van der Waals surface area contributed by atoms with Crippen LogP contribution in [0.3, 0.4) is 0 Å². The summed E-state index contributed by atoms with van der Waals surface area (Å²) in [6.07, 6.45) is 3.96. The highest BCUT2D eigenvalue weighted by molar-refractivity contribution is 5.79. The number of carbonyl (C=O) groups is 1. The summed E-state index contributed by atoms with van der Waals surface area (Å²) in [7, 11) is 0. The summed E-state index contributed by atoms with van der Waals surface area (Å²) in [5, 5.41) is 2.82. The molecule has 1 aliphatic carbocycles. The van der Waals surface area contributed by atoms with E-state index in [4.69, 9.17) is 0 Å². The third kappa shape index (κ3) is 2.57. The molecule has 20 heavy (non-hydrogen) atoms. The minimum absolute atomic E-state index is 0.0199. The van der Waals surface area contributed by atoms with Gasteiger partial charge in [-0.15, -0.1) is 0 Å². The van der Waals surface area contributed by atoms with E-state index in [1.165, 1.54) is 6.07 Å². The van der Waals surface area contributed by atoms with Crippen LogP contribution in [0.5, 0.6) is 0 Å². The lowest BCUT2D eigenvalue weighted by Crippen LogP contribution is -2.34. The summed E-state index contributed by atoms with van der Waals surface area (Å²) in [5.41, 5.74) is 2.62. The number of aromatic amines is 1. The van der Waals surface area contributed by atoms with Gasteiger partial charge in [0.05, 0.1) is 12.0 Å². The smallest absolute Gasteiger partial charge is 0.223 e. The molecule has 0 fully saturated rings. The summed E-state index contributed by atoms with van der Waals surface area (Å²) in [6, 6.07) is 6.49. The molecule has 0 saturated heterocycles. The molecule has 0 saturated carbocycles. The van der Waals surface area contributed by atoms with Crippen molar-refractivity contribution in [2.24, 2.45) is 5.92 Å². The topological polar surface area (TPSA) is 57.8 Å². The molecule has 0 bridgehead atoms. The Bertz CT molecular complexity index is 623. The van der Waals surface area contributed by atoms with Crippen molar-refractivity contribution in [2.45, 2.75) is 25.8 Å². The van der Waals surface area contributed by atoms with E-state index in [0.29, 0.717) is 12.0 Å². The van der Waals surface area contributed by atoms with Gasteiger partial charge in [-0.25, -0.2) is 9.37 Å². The van der Waals surface area contributed by atoms with Gasteiger partial charge in [0.15, 0.2) is 0 Å². The quantitative estimate of drug-likeness (QED) is 0.898. The standard InChI is InChI=1S/C15H16FN3O/c16-12-4-2-1-3-11(12)8-17-15(20)10-5-6-13-14(7-10)19-9-18-13/h1-4,9-10H,5-8H2,(H,17,20)(H,18,19). The summed E-state index contributed by atoms with van der Waals surface area (Å²) in [5.74, 6) is -0.365. The van der Waals surface area contributed by atoms with E-state index in [-0.39, 0.29) is 24.2 Å². The lowest BCUT2D eigenvalue weighted by molar-refractivity contribution is -0.125. The van der Waals surface area contributed by atoms with Crippen molar-refractivity contribution in [3.05, 3.63) is 53.4 Å². The monoisotopic (exact) mass is 273 g/mol. The van der Waals surface area contributed by atoms with Crippen LogP contribution in [-0.4, -0.2) is 15.9 Å². The second-order valence-corrected chi connectivity index (χ2v) is 5.08. The molecule has 0 spiro atoms. The molecule has 0 aliphatic heterocycles. The molecule has 4 nitrogen and oxygen atoms in total. The summed E-state index contributed by atoms with van der Waals surface area (Å²) in [4.78, 5) is 19.4. The molecule has 1 aromatic carbocycles. The molecule has 2 aromatic rings. The first-order valence-corrected chi connectivity index (χ1v) is 6.76. The number of H-pyrrole nitrogens is 1. The number of hydrogen-bond donors (Lipinski definition) is 2. The Morgan fingerprint density at radius 3 is 3.15 bits per heavy atom. The van der Waals surface area contributed by atoms with Crippen LogP contribution < -0.4 is 5.32 Å². The Morgan fingerprint density at radius 2 is 2.30 bits per heavy atom. The molecular formula is C15H16FN3O. The van der Waals surface area contributed by atoms with Crippen molar-refractivity contribution in [2.75, 3.05) is 0 Å². The van der Waals surface area contributed by atoms with Gasteiger partial charge < -0.3 is 10.3 Å². The molecule has 1 heterocycles. The van der Waals surface area contributed by atoms with Crippen molar-refractivity contribution in [1.82, 2.24) is 15.3 Å². The molecule has 1 unspecified atom stereocenters. The van der Waals surface area contributed by atoms with Crippen molar-refractivity contribution in [3.8, 4) is 0 Å². The fraction of sp³-hybridized carbons (Fsp3) is 0.333. The maximum absolute atomic E-state index is 13.5. The highest BCUT2D eigenvalue weighted by Crippen LogP contribution is 2.23. The number of nitrogens with zero attached hydrogens (tertiary/aromatic N) is 1. The Labute approximate surface area is 116 Å². The molecule has 1 aliphatic rings. The van der Waals surface area contributed by atoms with Crippen LogP contribution >= 0.6 is 0 Å². The first kappa shape index (κ1) is 12.8. The van der Waals surface area contributed by atoms with Gasteiger partial charge in [-0.3, -0.25) is 4.79 Å².